The lowest BCUT2D eigenvalue weighted by atomic mass is 9.98. The van der Waals surface area contributed by atoms with Crippen LogP contribution in [0.15, 0.2) is 12.1 Å². The zero-order chi connectivity index (χ0) is 15.6. The molecule has 2 aliphatic rings. The van der Waals surface area contributed by atoms with Gasteiger partial charge in [-0.05, 0) is 37.0 Å². The molecule has 5 nitrogen and oxygen atoms in total. The average Bonchev–Trinajstić information content (AvgIpc) is 2.95. The normalized spacial score (nSPS) is 19.0. The van der Waals surface area contributed by atoms with Gasteiger partial charge in [0.1, 0.15) is 13.2 Å². The zero-order valence-electron chi connectivity index (χ0n) is 12.5. The highest BCUT2D eigenvalue weighted by molar-refractivity contribution is 6.32. The molecule has 0 radical (unpaired) electrons. The Morgan fingerprint density at radius 3 is 2.77 bits per heavy atom. The lowest BCUT2D eigenvalue weighted by Crippen LogP contribution is -2.52. The molecule has 120 valence electrons. The van der Waals surface area contributed by atoms with E-state index >= 15 is 0 Å². The van der Waals surface area contributed by atoms with Gasteiger partial charge in [-0.25, -0.2) is 0 Å². The molecular weight excluding hydrogens is 304 g/mol. The van der Waals surface area contributed by atoms with Gasteiger partial charge in [0.05, 0.1) is 10.6 Å². The van der Waals surface area contributed by atoms with E-state index in [0.717, 1.165) is 31.2 Å². The van der Waals surface area contributed by atoms with Crippen molar-refractivity contribution in [2.75, 3.05) is 19.8 Å². The highest BCUT2D eigenvalue weighted by Crippen LogP contribution is 2.38. The first-order valence-electron chi connectivity index (χ1n) is 7.74. The van der Waals surface area contributed by atoms with Gasteiger partial charge in [-0.1, -0.05) is 24.4 Å². The first-order chi connectivity index (χ1) is 10.6. The van der Waals surface area contributed by atoms with Gasteiger partial charge >= 0.3 is 0 Å². The Hall–Kier alpha value is -1.46. The Morgan fingerprint density at radius 1 is 1.27 bits per heavy atom. The maximum atomic E-state index is 12.2. The van der Waals surface area contributed by atoms with Crippen molar-refractivity contribution >= 4 is 17.5 Å². The standard InChI is InChI=1S/C16H21ClN2O3/c17-12-9-11(10-13-14(12)22-8-7-21-13)3-6-19-15(20)16(18)4-1-2-5-16/h9-10H,1-8,18H2,(H,19,20). The molecule has 0 saturated heterocycles. The number of hydrogen-bond acceptors (Lipinski definition) is 4. The summed E-state index contributed by atoms with van der Waals surface area (Å²) in [5, 5.41) is 3.48. The van der Waals surface area contributed by atoms with E-state index < -0.39 is 5.54 Å². The van der Waals surface area contributed by atoms with E-state index in [1.807, 2.05) is 12.1 Å². The number of benzene rings is 1. The molecule has 0 atom stereocenters. The summed E-state index contributed by atoms with van der Waals surface area (Å²) >= 11 is 6.20. The van der Waals surface area contributed by atoms with Crippen LogP contribution in [0.3, 0.4) is 0 Å². The van der Waals surface area contributed by atoms with Crippen molar-refractivity contribution in [1.82, 2.24) is 5.32 Å². The predicted octanol–water partition coefficient (Wildman–Crippen LogP) is 2.04. The number of fused-ring (bicyclic) bond motifs is 1. The Balaban J connectivity index is 1.58. The van der Waals surface area contributed by atoms with Gasteiger partial charge in [0.15, 0.2) is 11.5 Å². The van der Waals surface area contributed by atoms with Gasteiger partial charge in [-0.2, -0.15) is 0 Å². The first-order valence-corrected chi connectivity index (χ1v) is 8.11. The Bertz CT molecular complexity index is 571. The molecule has 3 rings (SSSR count). The van der Waals surface area contributed by atoms with Crippen LogP contribution in [0.25, 0.3) is 0 Å². The van der Waals surface area contributed by atoms with Crippen LogP contribution in [0.1, 0.15) is 31.2 Å². The van der Waals surface area contributed by atoms with Crippen LogP contribution in [0.4, 0.5) is 0 Å². The van der Waals surface area contributed by atoms with Gasteiger partial charge in [-0.3, -0.25) is 4.79 Å². The molecule has 3 N–H and O–H groups in total. The minimum atomic E-state index is -0.676. The van der Waals surface area contributed by atoms with Gasteiger partial charge in [-0.15, -0.1) is 0 Å². The van der Waals surface area contributed by atoms with E-state index in [9.17, 15) is 4.79 Å². The monoisotopic (exact) mass is 324 g/mol. The molecule has 1 fully saturated rings. The molecule has 1 heterocycles. The highest BCUT2D eigenvalue weighted by atomic mass is 35.5. The van der Waals surface area contributed by atoms with E-state index in [-0.39, 0.29) is 5.91 Å². The molecular formula is C16H21ClN2O3. The van der Waals surface area contributed by atoms with Crippen LogP contribution >= 0.6 is 11.6 Å². The van der Waals surface area contributed by atoms with E-state index in [4.69, 9.17) is 26.8 Å². The summed E-state index contributed by atoms with van der Waals surface area (Å²) in [5.41, 5.74) is 6.46. The van der Waals surface area contributed by atoms with Crippen molar-refractivity contribution in [2.45, 2.75) is 37.6 Å². The van der Waals surface area contributed by atoms with Crippen molar-refractivity contribution in [1.29, 1.82) is 0 Å². The van der Waals surface area contributed by atoms with E-state index in [1.54, 1.807) is 0 Å². The van der Waals surface area contributed by atoms with Crippen molar-refractivity contribution < 1.29 is 14.3 Å². The third-order valence-corrected chi connectivity index (χ3v) is 4.58. The van der Waals surface area contributed by atoms with E-state index in [2.05, 4.69) is 5.32 Å². The second kappa shape index (κ2) is 6.34. The summed E-state index contributed by atoms with van der Waals surface area (Å²) in [6.07, 6.45) is 4.28. The van der Waals surface area contributed by atoms with Crippen LogP contribution in [-0.4, -0.2) is 31.2 Å². The van der Waals surface area contributed by atoms with Gasteiger partial charge in [0.25, 0.3) is 0 Å². The number of ether oxygens (including phenoxy) is 2. The Labute approximate surface area is 135 Å². The average molecular weight is 325 g/mol. The molecule has 1 aliphatic carbocycles. The van der Waals surface area contributed by atoms with Crippen LogP contribution < -0.4 is 20.5 Å². The lowest BCUT2D eigenvalue weighted by Gasteiger charge is -2.22. The molecule has 0 aromatic heterocycles. The van der Waals surface area contributed by atoms with Crippen molar-refractivity contribution in [3.05, 3.63) is 22.7 Å². The van der Waals surface area contributed by atoms with E-state index in [1.165, 1.54) is 0 Å². The molecule has 0 unspecified atom stereocenters. The number of carbonyl (C=O) groups is 1. The van der Waals surface area contributed by atoms with E-state index in [0.29, 0.717) is 42.7 Å². The number of hydrogen-bond donors (Lipinski definition) is 2. The number of halogens is 1. The Morgan fingerprint density at radius 2 is 2.00 bits per heavy atom. The summed E-state index contributed by atoms with van der Waals surface area (Å²) < 4.78 is 11.0. The Kier molecular flexibility index (Phi) is 4.45. The van der Waals surface area contributed by atoms with Gasteiger partial charge in [0.2, 0.25) is 5.91 Å². The molecule has 1 aliphatic heterocycles. The minimum absolute atomic E-state index is 0.0476. The van der Waals surface area contributed by atoms with Crippen molar-refractivity contribution in [3.63, 3.8) is 0 Å². The molecule has 1 amide bonds. The summed E-state index contributed by atoms with van der Waals surface area (Å²) in [6.45, 7) is 1.58. The molecule has 22 heavy (non-hydrogen) atoms. The van der Waals surface area contributed by atoms with Crippen LogP contribution in [0.5, 0.6) is 11.5 Å². The van der Waals surface area contributed by atoms with Crippen LogP contribution in [-0.2, 0) is 11.2 Å². The maximum Gasteiger partial charge on any atom is 0.240 e. The zero-order valence-corrected chi connectivity index (χ0v) is 13.2. The molecule has 1 aromatic rings. The lowest BCUT2D eigenvalue weighted by molar-refractivity contribution is -0.126. The molecule has 1 saturated carbocycles. The largest absolute Gasteiger partial charge is 0.486 e. The molecule has 0 bridgehead atoms. The summed E-state index contributed by atoms with van der Waals surface area (Å²) in [6, 6.07) is 3.77. The number of nitrogens with one attached hydrogen (secondary N) is 1. The number of rotatable bonds is 4. The summed E-state index contributed by atoms with van der Waals surface area (Å²) in [5.74, 6) is 1.23. The fourth-order valence-electron chi connectivity index (χ4n) is 3.04. The molecule has 6 heteroatoms. The maximum absolute atomic E-state index is 12.2. The van der Waals surface area contributed by atoms with Crippen LogP contribution in [0, 0.1) is 0 Å². The third kappa shape index (κ3) is 3.15. The van der Waals surface area contributed by atoms with Crippen molar-refractivity contribution in [3.8, 4) is 11.5 Å². The first kappa shape index (κ1) is 15.4. The fourth-order valence-corrected chi connectivity index (χ4v) is 3.33. The second-order valence-electron chi connectivity index (χ2n) is 5.97. The van der Waals surface area contributed by atoms with Crippen molar-refractivity contribution in [2.24, 2.45) is 5.73 Å². The smallest absolute Gasteiger partial charge is 0.240 e. The fraction of sp³-hybridized carbons (Fsp3) is 0.562. The summed E-state index contributed by atoms with van der Waals surface area (Å²) in [4.78, 5) is 12.2. The summed E-state index contributed by atoms with van der Waals surface area (Å²) in [7, 11) is 0. The van der Waals surface area contributed by atoms with Crippen LogP contribution in [0.2, 0.25) is 5.02 Å². The highest BCUT2D eigenvalue weighted by Gasteiger charge is 2.36. The predicted molar refractivity (Wildman–Crippen MR) is 84.5 cm³/mol. The van der Waals surface area contributed by atoms with Gasteiger partial charge in [0, 0.05) is 6.54 Å². The SMILES string of the molecule is NC1(C(=O)NCCc2cc(Cl)c3c(c2)OCCO3)CCCC1. The topological polar surface area (TPSA) is 73.6 Å². The minimum Gasteiger partial charge on any atom is -0.486 e. The third-order valence-electron chi connectivity index (χ3n) is 4.30. The number of nitrogens with two attached hydrogens (primary N) is 1. The van der Waals surface area contributed by atoms with Gasteiger partial charge < -0.3 is 20.5 Å². The quantitative estimate of drug-likeness (QED) is 0.889. The number of carbonyl (C=O) groups excluding carboxylic acids is 1. The second-order valence-corrected chi connectivity index (χ2v) is 6.38. The number of amides is 1. The molecule has 1 aromatic carbocycles. The molecule has 0 spiro atoms.